The second-order valence-corrected chi connectivity index (χ2v) is 6.83. The average molecular weight is 268 g/mol. The molecule has 0 aliphatic carbocycles. The summed E-state index contributed by atoms with van der Waals surface area (Å²) in [4.78, 5) is 0.410. The Morgan fingerprint density at radius 2 is 2.22 bits per heavy atom. The zero-order valence-electron chi connectivity index (χ0n) is 10.9. The predicted octanol–water partition coefficient (Wildman–Crippen LogP) is 1.23. The Labute approximate surface area is 109 Å². The van der Waals surface area contributed by atoms with Gasteiger partial charge in [0.25, 0.3) is 0 Å². The summed E-state index contributed by atoms with van der Waals surface area (Å²) >= 11 is 0. The van der Waals surface area contributed by atoms with Gasteiger partial charge < -0.3 is 5.32 Å². The minimum atomic E-state index is -3.31. The Morgan fingerprint density at radius 3 is 2.89 bits per heavy atom. The van der Waals surface area contributed by atoms with Crippen molar-refractivity contribution in [3.63, 3.8) is 0 Å². The van der Waals surface area contributed by atoms with E-state index in [0.29, 0.717) is 23.9 Å². The van der Waals surface area contributed by atoms with Crippen LogP contribution in [0.15, 0.2) is 29.2 Å². The van der Waals surface area contributed by atoms with Gasteiger partial charge in [-0.1, -0.05) is 12.1 Å². The van der Waals surface area contributed by atoms with Crippen LogP contribution in [-0.2, 0) is 10.0 Å². The molecule has 4 nitrogen and oxygen atoms in total. The lowest BCUT2D eigenvalue weighted by Gasteiger charge is -2.17. The molecule has 1 heterocycles. The van der Waals surface area contributed by atoms with Gasteiger partial charge in [-0.15, -0.1) is 0 Å². The highest BCUT2D eigenvalue weighted by atomic mass is 32.2. The SMILES string of the molecule is CNC[C@@H]1CCN(S(=O)(=O)c2cccc(C)c2)C1. The van der Waals surface area contributed by atoms with Crippen LogP contribution in [0.4, 0.5) is 0 Å². The van der Waals surface area contributed by atoms with Gasteiger partial charge in [-0.05, 0) is 50.6 Å². The lowest BCUT2D eigenvalue weighted by atomic mass is 10.1. The predicted molar refractivity (Wildman–Crippen MR) is 72.0 cm³/mol. The second-order valence-electron chi connectivity index (χ2n) is 4.89. The standard InChI is InChI=1S/C13H20N2O2S/c1-11-4-3-5-13(8-11)18(16,17)15-7-6-12(10-15)9-14-2/h3-5,8,12,14H,6-7,9-10H2,1-2H3/t12-/m0/s1. The fraction of sp³-hybridized carbons (Fsp3) is 0.538. The molecule has 0 unspecified atom stereocenters. The van der Waals surface area contributed by atoms with Gasteiger partial charge in [-0.3, -0.25) is 0 Å². The van der Waals surface area contributed by atoms with Crippen LogP contribution in [0.1, 0.15) is 12.0 Å². The zero-order valence-corrected chi connectivity index (χ0v) is 11.7. The first-order valence-corrected chi connectivity index (χ1v) is 7.69. The van der Waals surface area contributed by atoms with Crippen molar-refractivity contribution in [2.45, 2.75) is 18.2 Å². The lowest BCUT2D eigenvalue weighted by Crippen LogP contribution is -2.30. The molecule has 100 valence electrons. The first kappa shape index (κ1) is 13.5. The van der Waals surface area contributed by atoms with Crippen LogP contribution in [0.5, 0.6) is 0 Å². The molecule has 1 atom stereocenters. The monoisotopic (exact) mass is 268 g/mol. The van der Waals surface area contributed by atoms with Crippen LogP contribution in [0, 0.1) is 12.8 Å². The van der Waals surface area contributed by atoms with Gasteiger partial charge in [-0.2, -0.15) is 4.31 Å². The lowest BCUT2D eigenvalue weighted by molar-refractivity contribution is 0.451. The largest absolute Gasteiger partial charge is 0.319 e. The third-order valence-electron chi connectivity index (χ3n) is 3.37. The van der Waals surface area contributed by atoms with Crippen molar-refractivity contribution in [3.05, 3.63) is 29.8 Å². The van der Waals surface area contributed by atoms with E-state index >= 15 is 0 Å². The Bertz CT molecular complexity index is 513. The molecule has 2 rings (SSSR count). The molecular weight excluding hydrogens is 248 g/mol. The molecule has 0 spiro atoms. The van der Waals surface area contributed by atoms with Gasteiger partial charge in [0.1, 0.15) is 0 Å². The maximum absolute atomic E-state index is 12.4. The molecule has 1 N–H and O–H groups in total. The summed E-state index contributed by atoms with van der Waals surface area (Å²) < 4.78 is 26.5. The fourth-order valence-electron chi connectivity index (χ4n) is 2.40. The van der Waals surface area contributed by atoms with Crippen molar-refractivity contribution in [3.8, 4) is 0 Å². The van der Waals surface area contributed by atoms with Crippen molar-refractivity contribution in [2.75, 3.05) is 26.7 Å². The quantitative estimate of drug-likeness (QED) is 0.893. The molecule has 0 bridgehead atoms. The van der Waals surface area contributed by atoms with Gasteiger partial charge in [-0.25, -0.2) is 8.42 Å². The Kier molecular flexibility index (Phi) is 4.04. The Morgan fingerprint density at radius 1 is 1.44 bits per heavy atom. The molecule has 1 aliphatic heterocycles. The normalized spacial score (nSPS) is 21.3. The summed E-state index contributed by atoms with van der Waals surface area (Å²) in [5, 5.41) is 3.11. The maximum Gasteiger partial charge on any atom is 0.243 e. The Balaban J connectivity index is 2.18. The maximum atomic E-state index is 12.4. The minimum absolute atomic E-state index is 0.410. The summed E-state index contributed by atoms with van der Waals surface area (Å²) in [5.41, 5.74) is 0.974. The first-order chi connectivity index (χ1) is 8.54. The van der Waals surface area contributed by atoms with E-state index in [9.17, 15) is 8.42 Å². The number of sulfonamides is 1. The highest BCUT2D eigenvalue weighted by molar-refractivity contribution is 7.89. The number of aryl methyl sites for hydroxylation is 1. The van der Waals surface area contributed by atoms with Crippen LogP contribution >= 0.6 is 0 Å². The molecule has 5 heteroatoms. The van der Waals surface area contributed by atoms with E-state index in [2.05, 4.69) is 5.32 Å². The van der Waals surface area contributed by atoms with E-state index in [0.717, 1.165) is 18.5 Å². The summed E-state index contributed by atoms with van der Waals surface area (Å²) in [6, 6.07) is 7.12. The van der Waals surface area contributed by atoms with Gasteiger partial charge in [0.2, 0.25) is 10.0 Å². The summed E-state index contributed by atoms with van der Waals surface area (Å²) in [6.07, 6.45) is 0.936. The summed E-state index contributed by atoms with van der Waals surface area (Å²) in [7, 11) is -1.41. The van der Waals surface area contributed by atoms with E-state index in [1.807, 2.05) is 20.0 Å². The molecule has 1 aromatic rings. The smallest absolute Gasteiger partial charge is 0.243 e. The molecule has 18 heavy (non-hydrogen) atoms. The van der Waals surface area contributed by atoms with E-state index in [1.54, 1.807) is 22.5 Å². The van der Waals surface area contributed by atoms with Crippen molar-refractivity contribution in [1.29, 1.82) is 0 Å². The van der Waals surface area contributed by atoms with Gasteiger partial charge in [0, 0.05) is 13.1 Å². The zero-order chi connectivity index (χ0) is 13.2. The van der Waals surface area contributed by atoms with Crippen LogP contribution in [-0.4, -0.2) is 39.4 Å². The molecule has 0 amide bonds. The van der Waals surface area contributed by atoms with E-state index in [4.69, 9.17) is 0 Å². The van der Waals surface area contributed by atoms with Gasteiger partial charge in [0.05, 0.1) is 4.90 Å². The molecule has 1 aliphatic rings. The first-order valence-electron chi connectivity index (χ1n) is 6.25. The third-order valence-corrected chi connectivity index (χ3v) is 5.23. The molecular formula is C13H20N2O2S. The van der Waals surface area contributed by atoms with Crippen LogP contribution in [0.2, 0.25) is 0 Å². The van der Waals surface area contributed by atoms with E-state index in [1.165, 1.54) is 0 Å². The van der Waals surface area contributed by atoms with Crippen LogP contribution < -0.4 is 5.32 Å². The van der Waals surface area contributed by atoms with Gasteiger partial charge >= 0.3 is 0 Å². The number of nitrogens with one attached hydrogen (secondary N) is 1. The number of nitrogens with zero attached hydrogens (tertiary/aromatic N) is 1. The topological polar surface area (TPSA) is 49.4 Å². The Hall–Kier alpha value is -0.910. The molecule has 1 fully saturated rings. The van der Waals surface area contributed by atoms with Crippen LogP contribution in [0.3, 0.4) is 0 Å². The van der Waals surface area contributed by atoms with Crippen molar-refractivity contribution in [2.24, 2.45) is 5.92 Å². The van der Waals surface area contributed by atoms with Gasteiger partial charge in [0.15, 0.2) is 0 Å². The molecule has 0 aromatic heterocycles. The number of hydrogen-bond acceptors (Lipinski definition) is 3. The van der Waals surface area contributed by atoms with Crippen LogP contribution in [0.25, 0.3) is 0 Å². The summed E-state index contributed by atoms with van der Waals surface area (Å²) in [6.45, 7) is 4.03. The van der Waals surface area contributed by atoms with Crippen molar-refractivity contribution < 1.29 is 8.42 Å². The highest BCUT2D eigenvalue weighted by Gasteiger charge is 2.31. The summed E-state index contributed by atoms with van der Waals surface area (Å²) in [5.74, 6) is 0.426. The molecule has 1 saturated heterocycles. The van der Waals surface area contributed by atoms with E-state index in [-0.39, 0.29) is 0 Å². The van der Waals surface area contributed by atoms with Crippen molar-refractivity contribution >= 4 is 10.0 Å². The molecule has 0 radical (unpaired) electrons. The molecule has 0 saturated carbocycles. The number of hydrogen-bond donors (Lipinski definition) is 1. The minimum Gasteiger partial charge on any atom is -0.319 e. The second kappa shape index (κ2) is 5.38. The van der Waals surface area contributed by atoms with Crippen molar-refractivity contribution in [1.82, 2.24) is 9.62 Å². The van der Waals surface area contributed by atoms with E-state index < -0.39 is 10.0 Å². The number of benzene rings is 1. The number of rotatable bonds is 4. The average Bonchev–Trinajstić information content (AvgIpc) is 2.79. The third kappa shape index (κ3) is 2.74. The fourth-order valence-corrected chi connectivity index (χ4v) is 4.03. The highest BCUT2D eigenvalue weighted by Crippen LogP contribution is 2.24. The molecule has 1 aromatic carbocycles.